The van der Waals surface area contributed by atoms with E-state index in [4.69, 9.17) is 1.37 Å². The molecule has 2 fully saturated rings. The molecule has 0 aromatic carbocycles. The Morgan fingerprint density at radius 2 is 2.38 bits per heavy atom. The Bertz CT molecular complexity index is 108. The predicted molar refractivity (Wildman–Crippen MR) is 31.5 cm³/mol. The van der Waals surface area contributed by atoms with Crippen molar-refractivity contribution in [2.45, 2.75) is 31.8 Å². The van der Waals surface area contributed by atoms with Crippen molar-refractivity contribution < 1.29 is 6.48 Å². The third-order valence-electron chi connectivity index (χ3n) is 2.47. The highest BCUT2D eigenvalue weighted by molar-refractivity contribution is 4.89. The number of fused-ring (bicyclic) bond motifs is 2. The van der Waals surface area contributed by atoms with Crippen molar-refractivity contribution in [2.75, 3.05) is 0 Å². The molecule has 2 bridgehead atoms. The van der Waals surface area contributed by atoms with Crippen LogP contribution in [0.25, 0.3) is 0 Å². The van der Waals surface area contributed by atoms with E-state index in [-0.39, 0.29) is 12.5 Å². The maximum Gasteiger partial charge on any atom is 0.0571 e. The van der Waals surface area contributed by atoms with Crippen molar-refractivity contribution in [1.82, 2.24) is 0 Å². The second kappa shape index (κ2) is 1.47. The Labute approximate surface area is 51.1 Å². The molecule has 1 N–H and O–H groups in total. The SMILES string of the molecule is [2H][C@@H]1[C@@H]2CC[C@@H](C2)[C@@H]1O. The number of aliphatic hydroxyl groups is 1. The van der Waals surface area contributed by atoms with E-state index in [0.29, 0.717) is 11.8 Å². The molecule has 2 rings (SSSR count). The fraction of sp³-hybridized carbons (Fsp3) is 1.00. The highest BCUT2D eigenvalue weighted by Crippen LogP contribution is 2.44. The quantitative estimate of drug-likeness (QED) is 0.500. The zero-order valence-electron chi connectivity index (χ0n) is 5.88. The van der Waals surface area contributed by atoms with E-state index in [1.165, 1.54) is 12.8 Å². The Balaban J connectivity index is 2.15. The average molecular weight is 113 g/mol. The van der Waals surface area contributed by atoms with Gasteiger partial charge in [-0.05, 0) is 37.5 Å². The third-order valence-corrected chi connectivity index (χ3v) is 2.47. The monoisotopic (exact) mass is 113 g/mol. The molecule has 0 saturated heterocycles. The van der Waals surface area contributed by atoms with Crippen LogP contribution in [0.15, 0.2) is 0 Å². The molecule has 8 heavy (non-hydrogen) atoms. The van der Waals surface area contributed by atoms with Crippen LogP contribution in [0.5, 0.6) is 0 Å². The van der Waals surface area contributed by atoms with Crippen LogP contribution in [0.4, 0.5) is 0 Å². The van der Waals surface area contributed by atoms with Crippen molar-refractivity contribution in [3.05, 3.63) is 0 Å². The summed E-state index contributed by atoms with van der Waals surface area (Å²) >= 11 is 0. The molecule has 0 aliphatic heterocycles. The van der Waals surface area contributed by atoms with Gasteiger partial charge < -0.3 is 5.11 Å². The maximum atomic E-state index is 9.30. The lowest BCUT2D eigenvalue weighted by Crippen LogP contribution is -2.14. The molecule has 46 valence electrons. The van der Waals surface area contributed by atoms with Crippen LogP contribution in [0.2, 0.25) is 0 Å². The summed E-state index contributed by atoms with van der Waals surface area (Å²) in [6, 6.07) is 0. The maximum absolute atomic E-state index is 9.30. The predicted octanol–water partition coefficient (Wildman–Crippen LogP) is 1.17. The van der Waals surface area contributed by atoms with Gasteiger partial charge >= 0.3 is 0 Å². The van der Waals surface area contributed by atoms with Gasteiger partial charge in [0.1, 0.15) is 0 Å². The molecular weight excluding hydrogens is 100 g/mol. The van der Waals surface area contributed by atoms with Crippen LogP contribution >= 0.6 is 0 Å². The number of hydrogen-bond donors (Lipinski definition) is 1. The first-order chi connectivity index (χ1) is 4.29. The molecular formula is C7H12O. The first kappa shape index (κ1) is 3.89. The minimum absolute atomic E-state index is 0.149. The summed E-state index contributed by atoms with van der Waals surface area (Å²) in [6.45, 7) is 0. The van der Waals surface area contributed by atoms with E-state index in [2.05, 4.69) is 0 Å². The van der Waals surface area contributed by atoms with E-state index in [1.54, 1.807) is 0 Å². The van der Waals surface area contributed by atoms with E-state index >= 15 is 0 Å². The minimum Gasteiger partial charge on any atom is -0.393 e. The molecule has 0 aromatic heterocycles. The van der Waals surface area contributed by atoms with E-state index in [1.807, 2.05) is 0 Å². The zero-order chi connectivity index (χ0) is 6.43. The van der Waals surface area contributed by atoms with Gasteiger partial charge in [-0.1, -0.05) is 0 Å². The van der Waals surface area contributed by atoms with E-state index < -0.39 is 0 Å². The van der Waals surface area contributed by atoms with Crippen molar-refractivity contribution in [2.24, 2.45) is 11.8 Å². The summed E-state index contributed by atoms with van der Waals surface area (Å²) in [4.78, 5) is 0. The second-order valence-corrected chi connectivity index (χ2v) is 3.02. The number of hydrogen-bond acceptors (Lipinski definition) is 1. The van der Waals surface area contributed by atoms with Crippen molar-refractivity contribution in [1.29, 1.82) is 0 Å². The average Bonchev–Trinajstić information content (AvgIpc) is 2.37. The molecule has 2 aliphatic carbocycles. The number of rotatable bonds is 0. The lowest BCUT2D eigenvalue weighted by molar-refractivity contribution is 0.113. The highest BCUT2D eigenvalue weighted by atomic mass is 16.3. The van der Waals surface area contributed by atoms with Crippen LogP contribution in [-0.2, 0) is 0 Å². The van der Waals surface area contributed by atoms with Crippen LogP contribution in [0.1, 0.15) is 27.0 Å². The largest absolute Gasteiger partial charge is 0.393 e. The fourth-order valence-electron chi connectivity index (χ4n) is 1.97. The molecule has 1 heteroatoms. The fourth-order valence-corrected chi connectivity index (χ4v) is 1.97. The summed E-state index contributed by atoms with van der Waals surface area (Å²) < 4.78 is 7.48. The molecule has 2 aliphatic rings. The van der Waals surface area contributed by atoms with Gasteiger partial charge in [0.2, 0.25) is 0 Å². The highest BCUT2D eigenvalue weighted by Gasteiger charge is 2.38. The summed E-state index contributed by atoms with van der Waals surface area (Å²) in [5.74, 6) is 1.02. The van der Waals surface area contributed by atoms with Gasteiger partial charge in [0.15, 0.2) is 0 Å². The van der Waals surface area contributed by atoms with Crippen LogP contribution in [0, 0.1) is 11.8 Å². The molecule has 0 amide bonds. The van der Waals surface area contributed by atoms with Crippen molar-refractivity contribution >= 4 is 0 Å². The topological polar surface area (TPSA) is 20.2 Å². The molecule has 0 spiro atoms. The molecule has 0 aromatic rings. The summed E-state index contributed by atoms with van der Waals surface area (Å²) in [6.07, 6.45) is 3.04. The van der Waals surface area contributed by atoms with Crippen LogP contribution < -0.4 is 0 Å². The zero-order valence-corrected chi connectivity index (χ0v) is 4.88. The molecule has 0 unspecified atom stereocenters. The van der Waals surface area contributed by atoms with Gasteiger partial charge in [-0.2, -0.15) is 0 Å². The summed E-state index contributed by atoms with van der Waals surface area (Å²) in [5.41, 5.74) is 0. The molecule has 4 atom stereocenters. The van der Waals surface area contributed by atoms with Gasteiger partial charge in [0.25, 0.3) is 0 Å². The first-order valence-corrected chi connectivity index (χ1v) is 3.39. The smallest absolute Gasteiger partial charge is 0.0571 e. The molecule has 2 saturated carbocycles. The van der Waals surface area contributed by atoms with Crippen molar-refractivity contribution in [3.8, 4) is 0 Å². The van der Waals surface area contributed by atoms with Gasteiger partial charge in [-0.3, -0.25) is 0 Å². The Morgan fingerprint density at radius 3 is 2.75 bits per heavy atom. The lowest BCUT2D eigenvalue weighted by atomic mass is 9.98. The van der Waals surface area contributed by atoms with Gasteiger partial charge in [-0.25, -0.2) is 0 Å². The normalized spacial score (nSPS) is 63.9. The summed E-state index contributed by atoms with van der Waals surface area (Å²) in [5, 5.41) is 9.30. The molecule has 0 heterocycles. The Kier molecular flexibility index (Phi) is 0.715. The standard InChI is InChI=1S/C7H12O/c8-7-4-5-1-2-6(7)3-5/h5-8H,1-4H2/t5-,6+,7-/m1/s1/i4D/t4-,5-,6+,7-. The third kappa shape index (κ3) is 0.510. The van der Waals surface area contributed by atoms with E-state index in [0.717, 1.165) is 6.42 Å². The van der Waals surface area contributed by atoms with Crippen molar-refractivity contribution in [3.63, 3.8) is 0 Å². The van der Waals surface area contributed by atoms with Gasteiger partial charge in [0.05, 0.1) is 6.10 Å². The Hall–Kier alpha value is -0.0400. The Morgan fingerprint density at radius 1 is 1.50 bits per heavy atom. The molecule has 0 radical (unpaired) electrons. The van der Waals surface area contributed by atoms with Crippen LogP contribution in [0.3, 0.4) is 0 Å². The lowest BCUT2D eigenvalue weighted by Gasteiger charge is -2.14. The second-order valence-electron chi connectivity index (χ2n) is 3.02. The minimum atomic E-state index is -0.288. The first-order valence-electron chi connectivity index (χ1n) is 3.97. The van der Waals surface area contributed by atoms with Gasteiger partial charge in [0, 0.05) is 1.37 Å². The van der Waals surface area contributed by atoms with Gasteiger partial charge in [-0.15, -0.1) is 0 Å². The van der Waals surface area contributed by atoms with Crippen LogP contribution in [-0.4, -0.2) is 11.2 Å². The molecule has 1 nitrogen and oxygen atoms in total. The number of aliphatic hydroxyl groups excluding tert-OH is 1. The van der Waals surface area contributed by atoms with E-state index in [9.17, 15) is 5.11 Å². The summed E-state index contributed by atoms with van der Waals surface area (Å²) in [7, 11) is 0.